The van der Waals surface area contributed by atoms with Crippen LogP contribution < -0.4 is 5.32 Å². The van der Waals surface area contributed by atoms with E-state index in [0.29, 0.717) is 17.3 Å². The number of hydrogen-bond donors (Lipinski definition) is 1. The van der Waals surface area contributed by atoms with E-state index < -0.39 is 0 Å². The van der Waals surface area contributed by atoms with Gasteiger partial charge in [-0.05, 0) is 68.8 Å². The molecule has 0 radical (unpaired) electrons. The third-order valence-electron chi connectivity index (χ3n) is 6.97. The highest BCUT2D eigenvalue weighted by Gasteiger charge is 2.38. The van der Waals surface area contributed by atoms with Crippen LogP contribution in [0.3, 0.4) is 0 Å². The van der Waals surface area contributed by atoms with Gasteiger partial charge in [-0.3, -0.25) is 9.59 Å². The first-order valence-corrected chi connectivity index (χ1v) is 12.2. The van der Waals surface area contributed by atoms with E-state index in [4.69, 9.17) is 9.51 Å². The van der Waals surface area contributed by atoms with Gasteiger partial charge in [-0.25, -0.2) is 0 Å². The molecule has 6 rings (SSSR count). The van der Waals surface area contributed by atoms with Crippen LogP contribution >= 0.6 is 11.3 Å². The molecular weight excluding hydrogens is 410 g/mol. The molecule has 0 saturated heterocycles. The lowest BCUT2D eigenvalue weighted by Gasteiger charge is -2.37. The molecule has 6 nitrogen and oxygen atoms in total. The molecule has 2 heterocycles. The highest BCUT2D eigenvalue weighted by Crippen LogP contribution is 2.47. The van der Waals surface area contributed by atoms with Crippen LogP contribution in [0.15, 0.2) is 15.7 Å². The highest BCUT2D eigenvalue weighted by atomic mass is 32.1. The van der Waals surface area contributed by atoms with Gasteiger partial charge in [-0.15, -0.1) is 11.3 Å². The average molecular weight is 440 g/mol. The molecule has 0 atom stereocenters. The summed E-state index contributed by atoms with van der Waals surface area (Å²) in [6.07, 6.45) is 9.19. The molecule has 4 aliphatic carbocycles. The largest absolute Gasteiger partial charge is 0.334 e. The lowest BCUT2D eigenvalue weighted by atomic mass is 9.67. The molecule has 164 valence electrons. The molecule has 31 heavy (non-hydrogen) atoms. The molecule has 0 aliphatic heterocycles. The summed E-state index contributed by atoms with van der Waals surface area (Å²) in [5, 5.41) is 8.16. The van der Waals surface area contributed by atoms with E-state index in [1.54, 1.807) is 11.3 Å². The van der Waals surface area contributed by atoms with Gasteiger partial charge in [0.15, 0.2) is 5.82 Å². The first-order valence-electron chi connectivity index (χ1n) is 11.4. The van der Waals surface area contributed by atoms with Gasteiger partial charge in [-0.1, -0.05) is 25.9 Å². The Bertz CT molecular complexity index is 1060. The molecular formula is C24H29N3O3S. The van der Waals surface area contributed by atoms with Crippen molar-refractivity contribution in [2.24, 2.45) is 11.8 Å². The van der Waals surface area contributed by atoms with Crippen molar-refractivity contribution < 1.29 is 14.1 Å². The molecule has 2 bridgehead atoms. The fourth-order valence-electron chi connectivity index (χ4n) is 5.31. The van der Waals surface area contributed by atoms with E-state index in [1.165, 1.54) is 10.4 Å². The van der Waals surface area contributed by atoms with E-state index >= 15 is 0 Å². The number of aldehydes is 1. The van der Waals surface area contributed by atoms with Gasteiger partial charge in [0.1, 0.15) is 11.3 Å². The Morgan fingerprint density at radius 2 is 1.84 bits per heavy atom. The molecule has 4 aliphatic rings. The predicted octanol–water partition coefficient (Wildman–Crippen LogP) is 5.23. The number of fused-ring (bicyclic) bond motifs is 3. The number of anilines is 1. The smallest absolute Gasteiger partial charge is 0.261 e. The number of carbonyl (C=O) groups is 2. The van der Waals surface area contributed by atoms with Crippen molar-refractivity contribution in [2.75, 3.05) is 5.32 Å². The first-order chi connectivity index (χ1) is 14.9. The molecule has 2 aromatic rings. The van der Waals surface area contributed by atoms with Gasteiger partial charge in [0.2, 0.25) is 0 Å². The van der Waals surface area contributed by atoms with E-state index in [2.05, 4.69) is 31.2 Å². The molecule has 7 heteroatoms. The number of aromatic nitrogens is 2. The Morgan fingerprint density at radius 1 is 1.13 bits per heavy atom. The molecule has 1 N–H and O–H groups in total. The van der Waals surface area contributed by atoms with Gasteiger partial charge in [0.05, 0.1) is 5.56 Å². The second-order valence-electron chi connectivity index (χ2n) is 10.1. The van der Waals surface area contributed by atoms with E-state index in [1.807, 2.05) is 0 Å². The average Bonchev–Trinajstić information content (AvgIpc) is 3.38. The van der Waals surface area contributed by atoms with E-state index in [-0.39, 0.29) is 23.2 Å². The van der Waals surface area contributed by atoms with Crippen LogP contribution in [0.1, 0.15) is 75.6 Å². The number of nitrogens with zero attached hydrogens (tertiary/aromatic N) is 2. The van der Waals surface area contributed by atoms with Crippen LogP contribution in [0, 0.1) is 11.8 Å². The standard InChI is InChI=1S/C24H29N3O3S/c1-24(2,3)23-26-21(30-27-23)19-15-6-4-5-7-17(15)31-22(19)25-20(29)18-14-10-8-13(9-11-14)16(18)12-28/h12-14H,4-11H2,1-3H3,(H,25,29). The minimum Gasteiger partial charge on any atom is -0.334 e. The topological polar surface area (TPSA) is 85.1 Å². The molecule has 0 unspecified atom stereocenters. The summed E-state index contributed by atoms with van der Waals surface area (Å²) in [6, 6.07) is 0. The van der Waals surface area contributed by atoms with Crippen molar-refractivity contribution in [1.82, 2.24) is 10.1 Å². The van der Waals surface area contributed by atoms with Gasteiger partial charge >= 0.3 is 0 Å². The Morgan fingerprint density at radius 3 is 2.52 bits per heavy atom. The van der Waals surface area contributed by atoms with Crippen LogP contribution in [0.5, 0.6) is 0 Å². The molecule has 2 aromatic heterocycles. The van der Waals surface area contributed by atoms with Crippen molar-refractivity contribution in [3.8, 4) is 11.5 Å². The zero-order chi connectivity index (χ0) is 21.8. The maximum atomic E-state index is 13.4. The van der Waals surface area contributed by atoms with E-state index in [0.717, 1.165) is 73.8 Å². The van der Waals surface area contributed by atoms with Crippen molar-refractivity contribution >= 4 is 28.5 Å². The fourth-order valence-corrected chi connectivity index (χ4v) is 6.58. The predicted molar refractivity (Wildman–Crippen MR) is 120 cm³/mol. The SMILES string of the molecule is CC(C)(C)c1noc(-c2c(NC(=O)C3=C(C=O)C4CCC3CC4)sc3c2CCCC3)n1. The molecule has 1 amide bonds. The lowest BCUT2D eigenvalue weighted by molar-refractivity contribution is -0.114. The Balaban J connectivity index is 1.54. The van der Waals surface area contributed by atoms with Crippen LogP contribution in [-0.4, -0.2) is 22.3 Å². The van der Waals surface area contributed by atoms with Crippen molar-refractivity contribution in [3.05, 3.63) is 27.4 Å². The maximum absolute atomic E-state index is 13.4. The monoisotopic (exact) mass is 439 g/mol. The summed E-state index contributed by atoms with van der Waals surface area (Å²) < 4.78 is 5.69. The molecule has 0 aromatic carbocycles. The number of nitrogens with one attached hydrogen (secondary N) is 1. The van der Waals surface area contributed by atoms with Gasteiger partial charge < -0.3 is 9.84 Å². The zero-order valence-corrected chi connectivity index (χ0v) is 19.2. The van der Waals surface area contributed by atoms with Crippen molar-refractivity contribution in [3.63, 3.8) is 0 Å². The fraction of sp³-hybridized carbons (Fsp3) is 0.583. The second kappa shape index (κ2) is 7.69. The minimum atomic E-state index is -0.216. The van der Waals surface area contributed by atoms with Crippen LogP contribution in [0.4, 0.5) is 5.00 Å². The lowest BCUT2D eigenvalue weighted by Crippen LogP contribution is -2.33. The molecule has 0 spiro atoms. The van der Waals surface area contributed by atoms with Crippen molar-refractivity contribution in [2.45, 2.75) is 77.6 Å². The zero-order valence-electron chi connectivity index (χ0n) is 18.4. The van der Waals surface area contributed by atoms with Crippen LogP contribution in [0.2, 0.25) is 0 Å². The number of carbonyl (C=O) groups excluding carboxylic acids is 2. The van der Waals surface area contributed by atoms with Crippen LogP contribution in [0.25, 0.3) is 11.5 Å². The van der Waals surface area contributed by atoms with E-state index in [9.17, 15) is 9.59 Å². The van der Waals surface area contributed by atoms with Gasteiger partial charge in [0, 0.05) is 21.4 Å². The number of amides is 1. The number of allylic oxidation sites excluding steroid dienone is 1. The molecule has 1 saturated carbocycles. The van der Waals surface area contributed by atoms with Gasteiger partial charge in [0.25, 0.3) is 11.8 Å². The third-order valence-corrected chi connectivity index (χ3v) is 8.17. The summed E-state index contributed by atoms with van der Waals surface area (Å²) >= 11 is 1.62. The second-order valence-corrected chi connectivity index (χ2v) is 11.2. The normalized spacial score (nSPS) is 23.1. The summed E-state index contributed by atoms with van der Waals surface area (Å²) in [5.74, 6) is 1.44. The summed E-state index contributed by atoms with van der Waals surface area (Å²) in [5.41, 5.74) is 3.31. The first kappa shape index (κ1) is 20.6. The van der Waals surface area contributed by atoms with Crippen molar-refractivity contribution in [1.29, 1.82) is 0 Å². The summed E-state index contributed by atoms with van der Waals surface area (Å²) in [7, 11) is 0. The van der Waals surface area contributed by atoms with Crippen LogP contribution in [-0.2, 0) is 27.8 Å². The number of hydrogen-bond acceptors (Lipinski definition) is 6. The number of thiophene rings is 1. The number of aryl methyl sites for hydroxylation is 1. The third kappa shape index (κ3) is 3.56. The Kier molecular flexibility index (Phi) is 5.12. The number of rotatable bonds is 4. The van der Waals surface area contributed by atoms with Gasteiger partial charge in [-0.2, -0.15) is 4.98 Å². The Hall–Kier alpha value is -2.28. The minimum absolute atomic E-state index is 0.132. The summed E-state index contributed by atoms with van der Waals surface area (Å²) in [6.45, 7) is 6.16. The maximum Gasteiger partial charge on any atom is 0.261 e. The highest BCUT2D eigenvalue weighted by molar-refractivity contribution is 7.17. The quantitative estimate of drug-likeness (QED) is 0.660. The molecule has 1 fully saturated rings. The summed E-state index contributed by atoms with van der Waals surface area (Å²) in [4.78, 5) is 31.2. The Labute approximate surface area is 186 Å².